The van der Waals surface area contributed by atoms with Crippen LogP contribution in [0.2, 0.25) is 5.02 Å². The summed E-state index contributed by atoms with van der Waals surface area (Å²) in [5.74, 6) is -1.04. The van der Waals surface area contributed by atoms with Gasteiger partial charge in [0.25, 0.3) is 0 Å². The van der Waals surface area contributed by atoms with Crippen LogP contribution in [0, 0.1) is 0 Å². The van der Waals surface area contributed by atoms with E-state index in [1.807, 2.05) is 18.2 Å². The fraction of sp³-hybridized carbons (Fsp3) is 0.280. The van der Waals surface area contributed by atoms with Crippen LogP contribution in [-0.2, 0) is 14.3 Å². The Kier molecular flexibility index (Phi) is 13.7. The number of thioether (sulfide) groups is 1. The maximum Gasteiger partial charge on any atom is 0.339 e. The van der Waals surface area contributed by atoms with Gasteiger partial charge >= 0.3 is 18.0 Å². The number of hydrogen-bond donors (Lipinski definition) is 2. The molecular weight excluding hydrogens is 518 g/mol. The summed E-state index contributed by atoms with van der Waals surface area (Å²) in [7, 11) is 0. The molecule has 37 heavy (non-hydrogen) atoms. The van der Waals surface area contributed by atoms with E-state index >= 15 is 0 Å². The van der Waals surface area contributed by atoms with Gasteiger partial charge in [0.15, 0.2) is 5.16 Å². The standard InChI is InChI=1S/C23H22ClN5O5S.2CH4/c1-2-33-21(31)16-13-15(6-7-17(16)24)28-22(32)26-11-12-34-20(30)14-35-23-27-10-8-19(29-23)18-5-3-4-9-25-18;;/h3-10,13H,2,11-12,14H2,1H3,(H2,26,28,32);2*1H4. The van der Waals surface area contributed by atoms with Crippen molar-refractivity contribution in [2.75, 3.05) is 30.8 Å². The van der Waals surface area contributed by atoms with Crippen LogP contribution >= 0.6 is 23.4 Å². The van der Waals surface area contributed by atoms with Crippen LogP contribution in [0.5, 0.6) is 0 Å². The normalized spacial score (nSPS) is 9.78. The Hall–Kier alpha value is -3.70. The van der Waals surface area contributed by atoms with Gasteiger partial charge in [0.1, 0.15) is 6.61 Å². The van der Waals surface area contributed by atoms with Gasteiger partial charge in [-0.1, -0.05) is 44.3 Å². The number of benzene rings is 1. The number of nitrogens with one attached hydrogen (secondary N) is 2. The Bertz CT molecular complexity index is 1180. The van der Waals surface area contributed by atoms with E-state index in [0.29, 0.717) is 22.2 Å². The number of rotatable bonds is 10. The number of carbonyl (C=O) groups is 3. The summed E-state index contributed by atoms with van der Waals surface area (Å²) in [6, 6.07) is 11.2. The minimum atomic E-state index is -0.583. The van der Waals surface area contributed by atoms with Gasteiger partial charge < -0.3 is 20.1 Å². The molecule has 0 aliphatic heterocycles. The number of carbonyl (C=O) groups excluding carboxylic acids is 3. The Morgan fingerprint density at radius 2 is 1.81 bits per heavy atom. The molecule has 0 atom stereocenters. The quantitative estimate of drug-likeness (QED) is 0.154. The van der Waals surface area contributed by atoms with Crippen LogP contribution in [0.3, 0.4) is 0 Å². The predicted molar refractivity (Wildman–Crippen MR) is 145 cm³/mol. The van der Waals surface area contributed by atoms with Crippen molar-refractivity contribution >= 4 is 47.0 Å². The molecule has 1 aromatic carbocycles. The average Bonchev–Trinajstić information content (AvgIpc) is 2.87. The molecule has 0 fully saturated rings. The van der Waals surface area contributed by atoms with Crippen LogP contribution < -0.4 is 10.6 Å². The lowest BCUT2D eigenvalue weighted by Gasteiger charge is -2.10. The third kappa shape index (κ3) is 10.1. The smallest absolute Gasteiger partial charge is 0.339 e. The van der Waals surface area contributed by atoms with Crippen LogP contribution in [0.1, 0.15) is 32.1 Å². The van der Waals surface area contributed by atoms with Crippen molar-refractivity contribution in [2.45, 2.75) is 26.9 Å². The van der Waals surface area contributed by atoms with Gasteiger partial charge in [-0.2, -0.15) is 0 Å². The highest BCUT2D eigenvalue weighted by atomic mass is 35.5. The first kappa shape index (κ1) is 31.3. The molecule has 0 unspecified atom stereocenters. The SMILES string of the molecule is C.C.CCOC(=O)c1cc(NC(=O)NCCOC(=O)CSc2nccc(-c3ccccn3)n2)ccc1Cl. The summed E-state index contributed by atoms with van der Waals surface area (Å²) in [5.41, 5.74) is 1.87. The van der Waals surface area contributed by atoms with Crippen molar-refractivity contribution in [3.05, 3.63) is 65.4 Å². The van der Waals surface area contributed by atoms with Crippen molar-refractivity contribution in [3.8, 4) is 11.4 Å². The first-order chi connectivity index (χ1) is 17.0. The number of halogens is 1. The van der Waals surface area contributed by atoms with Gasteiger partial charge in [-0.3, -0.25) is 9.78 Å². The van der Waals surface area contributed by atoms with E-state index in [-0.39, 0.29) is 51.0 Å². The third-order valence-electron chi connectivity index (χ3n) is 4.25. The van der Waals surface area contributed by atoms with Crippen LogP contribution in [0.4, 0.5) is 10.5 Å². The van der Waals surface area contributed by atoms with E-state index in [1.165, 1.54) is 12.1 Å². The number of esters is 2. The number of ether oxygens (including phenoxy) is 2. The minimum absolute atomic E-state index is 0. The van der Waals surface area contributed by atoms with E-state index in [4.69, 9.17) is 21.1 Å². The molecule has 0 aliphatic carbocycles. The second-order valence-corrected chi connectivity index (χ2v) is 8.09. The molecule has 2 aromatic heterocycles. The zero-order valence-corrected chi connectivity index (χ0v) is 20.3. The molecule has 0 aliphatic rings. The largest absolute Gasteiger partial charge is 0.463 e. The van der Waals surface area contributed by atoms with E-state index in [0.717, 1.165) is 11.8 Å². The zero-order valence-electron chi connectivity index (χ0n) is 18.7. The first-order valence-electron chi connectivity index (χ1n) is 10.5. The molecule has 0 spiro atoms. The van der Waals surface area contributed by atoms with Gasteiger partial charge in [-0.05, 0) is 43.3 Å². The second-order valence-electron chi connectivity index (χ2n) is 6.74. The van der Waals surface area contributed by atoms with E-state index < -0.39 is 18.0 Å². The topological polar surface area (TPSA) is 132 Å². The Labute approximate surface area is 225 Å². The third-order valence-corrected chi connectivity index (χ3v) is 5.41. The fourth-order valence-electron chi connectivity index (χ4n) is 2.71. The highest BCUT2D eigenvalue weighted by Gasteiger charge is 2.13. The lowest BCUT2D eigenvalue weighted by molar-refractivity contribution is -0.140. The Morgan fingerprint density at radius 3 is 2.54 bits per heavy atom. The molecule has 12 heteroatoms. The monoisotopic (exact) mass is 547 g/mol. The number of urea groups is 1. The summed E-state index contributed by atoms with van der Waals surface area (Å²) in [5, 5.41) is 5.78. The van der Waals surface area contributed by atoms with E-state index in [1.54, 1.807) is 31.5 Å². The lowest BCUT2D eigenvalue weighted by atomic mass is 10.2. The number of anilines is 1. The van der Waals surface area contributed by atoms with Crippen LogP contribution in [0.25, 0.3) is 11.4 Å². The number of hydrogen-bond acceptors (Lipinski definition) is 9. The lowest BCUT2D eigenvalue weighted by Crippen LogP contribution is -2.32. The maximum absolute atomic E-state index is 12.1. The molecule has 2 heterocycles. The summed E-state index contributed by atoms with van der Waals surface area (Å²) >= 11 is 7.14. The van der Waals surface area contributed by atoms with Crippen molar-refractivity contribution in [3.63, 3.8) is 0 Å². The molecule has 2 amide bonds. The van der Waals surface area contributed by atoms with Gasteiger partial charge in [-0.25, -0.2) is 19.6 Å². The maximum atomic E-state index is 12.1. The average molecular weight is 548 g/mol. The Balaban J connectivity index is 0.00000342. The van der Waals surface area contributed by atoms with Crippen molar-refractivity contribution in [1.29, 1.82) is 0 Å². The second kappa shape index (κ2) is 16.1. The van der Waals surface area contributed by atoms with Crippen LogP contribution in [-0.4, -0.2) is 58.4 Å². The number of nitrogens with zero attached hydrogens (tertiary/aromatic N) is 3. The molecule has 198 valence electrons. The van der Waals surface area contributed by atoms with Crippen molar-refractivity contribution < 1.29 is 23.9 Å². The van der Waals surface area contributed by atoms with E-state index in [2.05, 4.69) is 25.6 Å². The molecule has 2 N–H and O–H groups in total. The predicted octanol–water partition coefficient (Wildman–Crippen LogP) is 5.10. The summed E-state index contributed by atoms with van der Waals surface area (Å²) < 4.78 is 10.1. The number of pyridine rings is 1. The summed E-state index contributed by atoms with van der Waals surface area (Å²) in [4.78, 5) is 48.7. The molecule has 0 radical (unpaired) electrons. The Morgan fingerprint density at radius 1 is 1.00 bits per heavy atom. The van der Waals surface area contributed by atoms with Crippen molar-refractivity contribution in [1.82, 2.24) is 20.3 Å². The van der Waals surface area contributed by atoms with Crippen LogP contribution in [0.15, 0.2) is 60.0 Å². The summed E-state index contributed by atoms with van der Waals surface area (Å²) in [6.07, 6.45) is 3.27. The number of amides is 2. The fourth-order valence-corrected chi connectivity index (χ4v) is 3.53. The molecule has 10 nitrogen and oxygen atoms in total. The molecule has 0 saturated carbocycles. The minimum Gasteiger partial charge on any atom is -0.463 e. The highest BCUT2D eigenvalue weighted by molar-refractivity contribution is 7.99. The molecule has 0 saturated heterocycles. The molecule has 0 bridgehead atoms. The number of aromatic nitrogens is 3. The van der Waals surface area contributed by atoms with E-state index in [9.17, 15) is 14.4 Å². The molecule has 3 aromatic rings. The van der Waals surface area contributed by atoms with Crippen molar-refractivity contribution in [2.24, 2.45) is 0 Å². The first-order valence-corrected chi connectivity index (χ1v) is 11.9. The zero-order chi connectivity index (χ0) is 25.0. The summed E-state index contributed by atoms with van der Waals surface area (Å²) in [6.45, 7) is 1.96. The van der Waals surface area contributed by atoms with Gasteiger partial charge in [-0.15, -0.1) is 0 Å². The highest BCUT2D eigenvalue weighted by Crippen LogP contribution is 2.21. The van der Waals surface area contributed by atoms with Gasteiger partial charge in [0.2, 0.25) is 0 Å². The van der Waals surface area contributed by atoms with Gasteiger partial charge in [0.05, 0.1) is 40.9 Å². The molecular formula is C25H30ClN5O5S. The van der Waals surface area contributed by atoms with Gasteiger partial charge in [0, 0.05) is 18.1 Å². The molecule has 3 rings (SSSR count).